The Morgan fingerprint density at radius 1 is 1.28 bits per heavy atom. The van der Waals surface area contributed by atoms with E-state index in [1.54, 1.807) is 13.1 Å². The monoisotopic (exact) mass is 403 g/mol. The smallest absolute Gasteiger partial charge is 0.416 e. The molecule has 1 saturated heterocycles. The number of hydrogen-bond donors (Lipinski definition) is 0. The summed E-state index contributed by atoms with van der Waals surface area (Å²) in [4.78, 5) is 13.7. The van der Waals surface area contributed by atoms with E-state index in [2.05, 4.69) is 0 Å². The first-order chi connectivity index (χ1) is 11.7. The Morgan fingerprint density at radius 2 is 2.00 bits per heavy atom. The number of carbonyl (C=O) groups is 1. The van der Waals surface area contributed by atoms with Gasteiger partial charge in [-0.15, -0.1) is 0 Å². The molecule has 1 aliphatic rings. The minimum absolute atomic E-state index is 0.124. The molecular weight excluding hydrogens is 395 g/mol. The summed E-state index contributed by atoms with van der Waals surface area (Å²) in [5.74, 6) is 0.233. The zero-order chi connectivity index (χ0) is 18.4. The van der Waals surface area contributed by atoms with E-state index in [1.807, 2.05) is 0 Å². The lowest BCUT2D eigenvalue weighted by molar-refractivity contribution is -0.137. The van der Waals surface area contributed by atoms with E-state index in [0.717, 1.165) is 23.9 Å². The molecule has 3 rings (SSSR count). The molecule has 0 aliphatic carbocycles. The second-order valence-corrected chi connectivity index (χ2v) is 7.22. The summed E-state index contributed by atoms with van der Waals surface area (Å²) >= 11 is 12.2. The lowest BCUT2D eigenvalue weighted by atomic mass is 10.1. The van der Waals surface area contributed by atoms with E-state index in [-0.39, 0.29) is 22.3 Å². The summed E-state index contributed by atoms with van der Waals surface area (Å²) in [5, 5.41) is 0.133. The minimum Gasteiger partial charge on any atom is -0.457 e. The van der Waals surface area contributed by atoms with E-state index >= 15 is 0 Å². The third-order valence-electron chi connectivity index (χ3n) is 3.45. The summed E-state index contributed by atoms with van der Waals surface area (Å²) < 4.78 is 44.6. The number of thiocarbonyl (C=S) groups is 1. The predicted molar refractivity (Wildman–Crippen MR) is 95.1 cm³/mol. The molecular formula is C16H9ClF3NO2S2. The fourth-order valence-electron chi connectivity index (χ4n) is 2.14. The predicted octanol–water partition coefficient (Wildman–Crippen LogP) is 5.45. The Labute approximate surface area is 155 Å². The Balaban J connectivity index is 1.95. The van der Waals surface area contributed by atoms with Gasteiger partial charge in [-0.1, -0.05) is 35.6 Å². The molecule has 0 radical (unpaired) electrons. The molecule has 2 heterocycles. The van der Waals surface area contributed by atoms with Crippen LogP contribution >= 0.6 is 35.6 Å². The minimum atomic E-state index is -4.48. The van der Waals surface area contributed by atoms with Crippen molar-refractivity contribution in [3.8, 4) is 11.3 Å². The van der Waals surface area contributed by atoms with Crippen molar-refractivity contribution in [1.29, 1.82) is 0 Å². The Kier molecular flexibility index (Phi) is 4.70. The van der Waals surface area contributed by atoms with Crippen molar-refractivity contribution in [3.05, 3.63) is 51.6 Å². The Bertz CT molecular complexity index is 905. The van der Waals surface area contributed by atoms with Gasteiger partial charge in [0.15, 0.2) is 0 Å². The van der Waals surface area contributed by atoms with Crippen molar-refractivity contribution in [3.63, 3.8) is 0 Å². The quantitative estimate of drug-likeness (QED) is 0.493. The standard InChI is InChI=1S/C16H9ClF3NO2S2/c1-21-14(22)13(25-15(21)24)7-9-3-5-12(23-9)10-6-8(16(18,19)20)2-4-11(10)17/h2-7H,1H3/b13-7-. The zero-order valence-electron chi connectivity index (χ0n) is 12.6. The van der Waals surface area contributed by atoms with E-state index in [0.29, 0.717) is 15.0 Å². The first-order valence-electron chi connectivity index (χ1n) is 6.85. The highest BCUT2D eigenvalue weighted by Gasteiger charge is 2.31. The molecule has 3 nitrogen and oxygen atoms in total. The normalized spacial score (nSPS) is 17.0. The highest BCUT2D eigenvalue weighted by Crippen LogP contribution is 2.37. The number of likely N-dealkylation sites (N-methyl/N-ethyl adjacent to an activating group) is 1. The molecule has 130 valence electrons. The van der Waals surface area contributed by atoms with Crippen LogP contribution in [0.15, 0.2) is 39.7 Å². The molecule has 1 aromatic carbocycles. The number of benzene rings is 1. The number of furan rings is 1. The van der Waals surface area contributed by atoms with Crippen LogP contribution in [0, 0.1) is 0 Å². The van der Waals surface area contributed by atoms with E-state index in [9.17, 15) is 18.0 Å². The maximum Gasteiger partial charge on any atom is 0.416 e. The van der Waals surface area contributed by atoms with Crippen LogP contribution in [0.1, 0.15) is 11.3 Å². The summed E-state index contributed by atoms with van der Waals surface area (Å²) in [6.07, 6.45) is -2.99. The number of thioether (sulfide) groups is 1. The van der Waals surface area contributed by atoms with Crippen molar-refractivity contribution in [1.82, 2.24) is 4.90 Å². The fourth-order valence-corrected chi connectivity index (χ4v) is 3.51. The average molecular weight is 404 g/mol. The van der Waals surface area contributed by atoms with Crippen molar-refractivity contribution < 1.29 is 22.4 Å². The van der Waals surface area contributed by atoms with E-state index < -0.39 is 11.7 Å². The average Bonchev–Trinajstić information content (AvgIpc) is 3.08. The van der Waals surface area contributed by atoms with Crippen LogP contribution < -0.4 is 0 Å². The molecule has 0 unspecified atom stereocenters. The first-order valence-corrected chi connectivity index (χ1v) is 8.45. The van der Waals surface area contributed by atoms with Crippen LogP contribution in [0.2, 0.25) is 5.02 Å². The maximum atomic E-state index is 12.9. The third-order valence-corrected chi connectivity index (χ3v) is 5.26. The number of hydrogen-bond acceptors (Lipinski definition) is 4. The zero-order valence-corrected chi connectivity index (χ0v) is 14.9. The molecule has 0 atom stereocenters. The molecule has 1 amide bonds. The lowest BCUT2D eigenvalue weighted by Gasteiger charge is -2.09. The van der Waals surface area contributed by atoms with Crippen LogP contribution in [-0.4, -0.2) is 22.2 Å². The molecule has 0 bridgehead atoms. The molecule has 0 spiro atoms. The molecule has 1 aliphatic heterocycles. The van der Waals surface area contributed by atoms with Gasteiger partial charge < -0.3 is 4.42 Å². The van der Waals surface area contributed by atoms with Crippen LogP contribution in [0.3, 0.4) is 0 Å². The third kappa shape index (κ3) is 3.61. The molecule has 9 heteroatoms. The van der Waals surface area contributed by atoms with Crippen LogP contribution in [0.5, 0.6) is 0 Å². The van der Waals surface area contributed by atoms with Gasteiger partial charge in [0.2, 0.25) is 0 Å². The molecule has 0 saturated carbocycles. The molecule has 0 N–H and O–H groups in total. The van der Waals surface area contributed by atoms with Crippen molar-refractivity contribution >= 4 is 51.9 Å². The maximum absolute atomic E-state index is 12.9. The van der Waals surface area contributed by atoms with Crippen molar-refractivity contribution in [2.75, 3.05) is 7.05 Å². The largest absolute Gasteiger partial charge is 0.457 e. The summed E-state index contributed by atoms with van der Waals surface area (Å²) in [6, 6.07) is 6.05. The Hall–Kier alpha value is -1.77. The first kappa shape index (κ1) is 18.0. The highest BCUT2D eigenvalue weighted by atomic mass is 35.5. The van der Waals surface area contributed by atoms with Crippen LogP contribution in [-0.2, 0) is 11.0 Å². The number of nitrogens with zero attached hydrogens (tertiary/aromatic N) is 1. The van der Waals surface area contributed by atoms with Crippen molar-refractivity contribution in [2.24, 2.45) is 0 Å². The number of halogens is 4. The van der Waals surface area contributed by atoms with Crippen molar-refractivity contribution in [2.45, 2.75) is 6.18 Å². The van der Waals surface area contributed by atoms with Crippen LogP contribution in [0.4, 0.5) is 13.2 Å². The van der Waals surface area contributed by atoms with Gasteiger partial charge in [0.05, 0.1) is 15.5 Å². The highest BCUT2D eigenvalue weighted by molar-refractivity contribution is 8.26. The van der Waals surface area contributed by atoms with E-state index in [1.165, 1.54) is 23.1 Å². The van der Waals surface area contributed by atoms with Gasteiger partial charge in [-0.3, -0.25) is 9.69 Å². The second kappa shape index (κ2) is 6.51. The molecule has 25 heavy (non-hydrogen) atoms. The topological polar surface area (TPSA) is 33.5 Å². The lowest BCUT2D eigenvalue weighted by Crippen LogP contribution is -2.22. The molecule has 1 aromatic heterocycles. The molecule has 2 aromatic rings. The number of alkyl halides is 3. The summed E-state index contributed by atoms with van der Waals surface area (Å²) in [7, 11) is 1.56. The van der Waals surface area contributed by atoms with Gasteiger partial charge >= 0.3 is 6.18 Å². The number of amides is 1. The Morgan fingerprint density at radius 3 is 2.60 bits per heavy atom. The number of carbonyl (C=O) groups excluding carboxylic acids is 1. The van der Waals surface area contributed by atoms with Gasteiger partial charge in [0, 0.05) is 18.7 Å². The summed E-state index contributed by atoms with van der Waals surface area (Å²) in [5.41, 5.74) is -0.698. The van der Waals surface area contributed by atoms with Gasteiger partial charge in [-0.2, -0.15) is 13.2 Å². The summed E-state index contributed by atoms with van der Waals surface area (Å²) in [6.45, 7) is 0. The fraction of sp³-hybridized carbons (Fsp3) is 0.125. The van der Waals surface area contributed by atoms with E-state index in [4.69, 9.17) is 28.2 Å². The molecule has 1 fully saturated rings. The second-order valence-electron chi connectivity index (χ2n) is 5.14. The van der Waals surface area contributed by atoms with Gasteiger partial charge in [0.25, 0.3) is 5.91 Å². The van der Waals surface area contributed by atoms with Gasteiger partial charge in [-0.05, 0) is 30.3 Å². The number of rotatable bonds is 2. The SMILES string of the molecule is CN1C(=O)/C(=C/c2ccc(-c3cc(C(F)(F)F)ccc3Cl)o2)SC1=S. The van der Waals surface area contributed by atoms with Gasteiger partial charge in [0.1, 0.15) is 15.8 Å². The van der Waals surface area contributed by atoms with Crippen LogP contribution in [0.25, 0.3) is 17.4 Å². The van der Waals surface area contributed by atoms with Gasteiger partial charge in [-0.25, -0.2) is 0 Å².